The number of rotatable bonds is 6. The van der Waals surface area contributed by atoms with Crippen LogP contribution >= 0.6 is 11.6 Å². The van der Waals surface area contributed by atoms with Crippen LogP contribution in [0.5, 0.6) is 11.5 Å². The Morgan fingerprint density at radius 2 is 2.00 bits per heavy atom. The molecule has 0 unspecified atom stereocenters. The molecule has 0 spiro atoms. The number of fused-ring (bicyclic) bond motifs is 1. The van der Waals surface area contributed by atoms with Crippen LogP contribution in [-0.4, -0.2) is 37.1 Å². The average Bonchev–Trinajstić information content (AvgIpc) is 2.63. The Labute approximate surface area is 156 Å². The number of amides is 1. The monoisotopic (exact) mass is 378 g/mol. The predicted octanol–water partition coefficient (Wildman–Crippen LogP) is 3.71. The smallest absolute Gasteiger partial charge is 0.238 e. The molecule has 2 aromatic carbocycles. The minimum atomic E-state index is -0.372. The van der Waals surface area contributed by atoms with Crippen LogP contribution in [0.15, 0.2) is 36.4 Å². The summed E-state index contributed by atoms with van der Waals surface area (Å²) in [5.41, 5.74) is 1.02. The van der Waals surface area contributed by atoms with Crippen LogP contribution in [0.2, 0.25) is 5.02 Å². The van der Waals surface area contributed by atoms with Crippen LogP contribution in [0.3, 0.4) is 0 Å². The van der Waals surface area contributed by atoms with Crippen molar-refractivity contribution in [2.24, 2.45) is 0 Å². The first kappa shape index (κ1) is 18.5. The van der Waals surface area contributed by atoms with E-state index in [0.29, 0.717) is 47.5 Å². The van der Waals surface area contributed by atoms with Gasteiger partial charge in [0.05, 0.1) is 6.54 Å². The molecule has 0 aliphatic carbocycles. The van der Waals surface area contributed by atoms with E-state index in [-0.39, 0.29) is 24.8 Å². The first-order chi connectivity index (χ1) is 12.6. The molecule has 1 amide bonds. The number of carbonyl (C=O) groups excluding carboxylic acids is 1. The van der Waals surface area contributed by atoms with Crippen molar-refractivity contribution < 1.29 is 18.7 Å². The number of halogens is 2. The maximum Gasteiger partial charge on any atom is 0.238 e. The summed E-state index contributed by atoms with van der Waals surface area (Å²) in [6.07, 6.45) is 0. The van der Waals surface area contributed by atoms with Gasteiger partial charge in [-0.05, 0) is 30.8 Å². The van der Waals surface area contributed by atoms with E-state index >= 15 is 0 Å². The highest BCUT2D eigenvalue weighted by molar-refractivity contribution is 6.31. The largest absolute Gasteiger partial charge is 0.486 e. The lowest BCUT2D eigenvalue weighted by Crippen LogP contribution is -2.33. The van der Waals surface area contributed by atoms with Gasteiger partial charge in [0.1, 0.15) is 19.0 Å². The predicted molar refractivity (Wildman–Crippen MR) is 98.4 cm³/mol. The van der Waals surface area contributed by atoms with Gasteiger partial charge in [0, 0.05) is 28.9 Å². The molecule has 26 heavy (non-hydrogen) atoms. The topological polar surface area (TPSA) is 50.8 Å². The van der Waals surface area contributed by atoms with Gasteiger partial charge in [-0.15, -0.1) is 0 Å². The number of ether oxygens (including phenoxy) is 2. The summed E-state index contributed by atoms with van der Waals surface area (Å²) in [5, 5.41) is 3.19. The van der Waals surface area contributed by atoms with Crippen molar-refractivity contribution in [3.8, 4) is 11.5 Å². The molecule has 1 aliphatic rings. The van der Waals surface area contributed by atoms with E-state index in [2.05, 4.69) is 5.32 Å². The van der Waals surface area contributed by atoms with Crippen LogP contribution in [0.1, 0.15) is 12.5 Å². The van der Waals surface area contributed by atoms with Crippen molar-refractivity contribution in [2.75, 3.05) is 31.6 Å². The molecular weight excluding hydrogens is 359 g/mol. The molecule has 0 saturated heterocycles. The number of nitrogens with one attached hydrogen (secondary N) is 1. The molecule has 0 radical (unpaired) electrons. The molecule has 0 saturated carbocycles. The molecule has 138 valence electrons. The lowest BCUT2D eigenvalue weighted by molar-refractivity contribution is -0.117. The summed E-state index contributed by atoms with van der Waals surface area (Å²) < 4.78 is 24.9. The highest BCUT2D eigenvalue weighted by atomic mass is 35.5. The molecule has 0 aromatic heterocycles. The molecule has 5 nitrogen and oxygen atoms in total. The Kier molecular flexibility index (Phi) is 5.96. The third-order valence-corrected chi connectivity index (χ3v) is 4.44. The molecule has 0 fully saturated rings. The Balaban J connectivity index is 1.62. The van der Waals surface area contributed by atoms with Crippen molar-refractivity contribution in [1.82, 2.24) is 4.90 Å². The summed E-state index contributed by atoms with van der Waals surface area (Å²) in [5.74, 6) is 0.706. The van der Waals surface area contributed by atoms with E-state index in [1.165, 1.54) is 6.07 Å². The van der Waals surface area contributed by atoms with Crippen molar-refractivity contribution in [1.29, 1.82) is 0 Å². The van der Waals surface area contributed by atoms with Crippen LogP contribution in [0, 0.1) is 5.82 Å². The summed E-state index contributed by atoms with van der Waals surface area (Å²) in [7, 11) is 0. The number of likely N-dealkylation sites (N-methyl/N-ethyl adjacent to an activating group) is 1. The van der Waals surface area contributed by atoms with Crippen LogP contribution < -0.4 is 14.8 Å². The molecule has 0 atom stereocenters. The van der Waals surface area contributed by atoms with Crippen LogP contribution in [0.4, 0.5) is 10.1 Å². The lowest BCUT2D eigenvalue weighted by atomic mass is 10.2. The van der Waals surface area contributed by atoms with Gasteiger partial charge in [-0.1, -0.05) is 24.6 Å². The Bertz CT molecular complexity index is 780. The second kappa shape index (κ2) is 8.38. The minimum Gasteiger partial charge on any atom is -0.486 e. The average molecular weight is 379 g/mol. The van der Waals surface area contributed by atoms with Gasteiger partial charge in [0.15, 0.2) is 11.5 Å². The fraction of sp³-hybridized carbons (Fsp3) is 0.316. The van der Waals surface area contributed by atoms with Crippen molar-refractivity contribution in [2.45, 2.75) is 13.5 Å². The number of carbonyl (C=O) groups is 1. The maximum atomic E-state index is 14.0. The zero-order valence-corrected chi connectivity index (χ0v) is 15.2. The van der Waals surface area contributed by atoms with Gasteiger partial charge in [-0.3, -0.25) is 9.69 Å². The van der Waals surface area contributed by atoms with E-state index in [4.69, 9.17) is 21.1 Å². The van der Waals surface area contributed by atoms with Gasteiger partial charge in [-0.25, -0.2) is 4.39 Å². The summed E-state index contributed by atoms with van der Waals surface area (Å²) >= 11 is 6.07. The summed E-state index contributed by atoms with van der Waals surface area (Å²) in [6, 6.07) is 9.83. The highest BCUT2D eigenvalue weighted by Gasteiger charge is 2.16. The minimum absolute atomic E-state index is 0.121. The van der Waals surface area contributed by atoms with Crippen LogP contribution in [0.25, 0.3) is 0 Å². The Morgan fingerprint density at radius 1 is 1.23 bits per heavy atom. The van der Waals surface area contributed by atoms with Crippen LogP contribution in [-0.2, 0) is 11.3 Å². The third-order valence-electron chi connectivity index (χ3n) is 4.08. The summed E-state index contributed by atoms with van der Waals surface area (Å²) in [6.45, 7) is 3.87. The normalized spacial score (nSPS) is 12.9. The van der Waals surface area contributed by atoms with Crippen molar-refractivity contribution in [3.63, 3.8) is 0 Å². The Morgan fingerprint density at radius 3 is 2.73 bits per heavy atom. The SMILES string of the molecule is CCN(CC(=O)Nc1ccc2c(c1)OCCO2)Cc1c(F)cccc1Cl. The number of anilines is 1. The van der Waals surface area contributed by atoms with E-state index in [1.807, 2.05) is 11.8 Å². The highest BCUT2D eigenvalue weighted by Crippen LogP contribution is 2.32. The molecule has 7 heteroatoms. The second-order valence-electron chi connectivity index (χ2n) is 5.91. The van der Waals surface area contributed by atoms with Crippen molar-refractivity contribution >= 4 is 23.2 Å². The fourth-order valence-corrected chi connectivity index (χ4v) is 2.93. The fourth-order valence-electron chi connectivity index (χ4n) is 2.71. The number of hydrogen-bond acceptors (Lipinski definition) is 4. The quantitative estimate of drug-likeness (QED) is 0.832. The van der Waals surface area contributed by atoms with E-state index < -0.39 is 0 Å². The zero-order valence-electron chi connectivity index (χ0n) is 14.4. The van der Waals surface area contributed by atoms with E-state index in [0.717, 1.165) is 0 Å². The first-order valence-electron chi connectivity index (χ1n) is 8.41. The molecular formula is C19H20ClFN2O3. The zero-order chi connectivity index (χ0) is 18.5. The molecule has 3 rings (SSSR count). The Hall–Kier alpha value is -2.31. The number of benzene rings is 2. The van der Waals surface area contributed by atoms with Crippen molar-refractivity contribution in [3.05, 3.63) is 52.8 Å². The standard InChI is InChI=1S/C19H20ClFN2O3/c1-2-23(11-14-15(20)4-3-5-16(14)21)12-19(24)22-13-6-7-17-18(10-13)26-9-8-25-17/h3-7,10H,2,8-9,11-12H2,1H3,(H,22,24). The van der Waals surface area contributed by atoms with E-state index in [1.54, 1.807) is 30.3 Å². The molecule has 1 heterocycles. The molecule has 0 bridgehead atoms. The van der Waals surface area contributed by atoms with Gasteiger partial charge < -0.3 is 14.8 Å². The van der Waals surface area contributed by atoms with E-state index in [9.17, 15) is 9.18 Å². The molecule has 2 aromatic rings. The van der Waals surface area contributed by atoms with Gasteiger partial charge >= 0.3 is 0 Å². The number of nitrogens with zero attached hydrogens (tertiary/aromatic N) is 1. The summed E-state index contributed by atoms with van der Waals surface area (Å²) in [4.78, 5) is 14.2. The van der Waals surface area contributed by atoms with Gasteiger partial charge in [0.25, 0.3) is 0 Å². The number of hydrogen-bond donors (Lipinski definition) is 1. The second-order valence-corrected chi connectivity index (χ2v) is 6.32. The first-order valence-corrected chi connectivity index (χ1v) is 8.79. The maximum absolute atomic E-state index is 14.0. The van der Waals surface area contributed by atoms with Gasteiger partial charge in [0.2, 0.25) is 5.91 Å². The third kappa shape index (κ3) is 4.45. The van der Waals surface area contributed by atoms with Gasteiger partial charge in [-0.2, -0.15) is 0 Å². The molecule has 1 N–H and O–H groups in total. The molecule has 1 aliphatic heterocycles. The lowest BCUT2D eigenvalue weighted by Gasteiger charge is -2.22.